The average Bonchev–Trinajstić information content (AvgIpc) is 3.32. The Hall–Kier alpha value is -0.760. The summed E-state index contributed by atoms with van der Waals surface area (Å²) < 4.78 is 11.1. The van der Waals surface area contributed by atoms with Gasteiger partial charge in [-0.15, -0.1) is 24.0 Å². The third kappa shape index (κ3) is 6.76. The van der Waals surface area contributed by atoms with Crippen molar-refractivity contribution in [1.29, 1.82) is 0 Å². The van der Waals surface area contributed by atoms with E-state index in [9.17, 15) is 0 Å². The number of likely N-dealkylation sites (tertiary alicyclic amines) is 1. The molecule has 3 rings (SSSR count). The zero-order valence-electron chi connectivity index (χ0n) is 16.0. The number of nitrogens with zero attached hydrogens (tertiary/aromatic N) is 2. The standard InChI is InChI=1S/C20H33N3O2.HI/c1-2-24-16-17-11-13-23(15-17)20(22-18-7-4-3-5-8-18)21-12-10-19-9-6-14-25-19;/h6,9,14,17-18H,2-5,7-8,10-13,15-16H2,1H3,(H,21,22);1H. The van der Waals surface area contributed by atoms with Crippen molar-refractivity contribution in [2.24, 2.45) is 10.9 Å². The van der Waals surface area contributed by atoms with Crippen LogP contribution in [0.1, 0.15) is 51.2 Å². The largest absolute Gasteiger partial charge is 0.469 e. The van der Waals surface area contributed by atoms with Crippen LogP contribution in [-0.2, 0) is 11.2 Å². The molecule has 1 aliphatic carbocycles. The summed E-state index contributed by atoms with van der Waals surface area (Å²) >= 11 is 0. The molecule has 1 unspecified atom stereocenters. The maximum Gasteiger partial charge on any atom is 0.194 e. The number of halogens is 1. The van der Waals surface area contributed by atoms with E-state index in [1.165, 1.54) is 38.5 Å². The minimum atomic E-state index is 0. The summed E-state index contributed by atoms with van der Waals surface area (Å²) in [5, 5.41) is 3.76. The number of hydrogen-bond acceptors (Lipinski definition) is 3. The molecule has 1 aliphatic heterocycles. The van der Waals surface area contributed by atoms with Crippen LogP contribution in [0.4, 0.5) is 0 Å². The van der Waals surface area contributed by atoms with Crippen molar-refractivity contribution in [1.82, 2.24) is 10.2 Å². The molecule has 0 radical (unpaired) electrons. The first-order valence-corrected chi connectivity index (χ1v) is 10.0. The summed E-state index contributed by atoms with van der Waals surface area (Å²) in [6.07, 6.45) is 10.4. The molecule has 0 aromatic carbocycles. The lowest BCUT2D eigenvalue weighted by Gasteiger charge is -2.29. The lowest BCUT2D eigenvalue weighted by Crippen LogP contribution is -2.46. The van der Waals surface area contributed by atoms with Gasteiger partial charge in [0.1, 0.15) is 5.76 Å². The van der Waals surface area contributed by atoms with E-state index >= 15 is 0 Å². The van der Waals surface area contributed by atoms with Gasteiger partial charge < -0.3 is 19.4 Å². The molecule has 2 fully saturated rings. The Morgan fingerprint density at radius 1 is 1.31 bits per heavy atom. The molecule has 1 N–H and O–H groups in total. The maximum absolute atomic E-state index is 5.63. The van der Waals surface area contributed by atoms with Gasteiger partial charge in [0.15, 0.2) is 5.96 Å². The summed E-state index contributed by atoms with van der Waals surface area (Å²) in [4.78, 5) is 7.35. The minimum Gasteiger partial charge on any atom is -0.469 e. The van der Waals surface area contributed by atoms with E-state index in [2.05, 4.69) is 17.1 Å². The number of guanidine groups is 1. The zero-order valence-corrected chi connectivity index (χ0v) is 18.3. The highest BCUT2D eigenvalue weighted by Gasteiger charge is 2.26. The summed E-state index contributed by atoms with van der Waals surface area (Å²) in [5.41, 5.74) is 0. The van der Waals surface area contributed by atoms with E-state index in [0.717, 1.165) is 51.0 Å². The lowest BCUT2D eigenvalue weighted by molar-refractivity contribution is 0.114. The number of hydrogen-bond donors (Lipinski definition) is 1. The molecule has 1 saturated carbocycles. The van der Waals surface area contributed by atoms with Crippen LogP contribution in [0.5, 0.6) is 0 Å². The molecule has 1 saturated heterocycles. The summed E-state index contributed by atoms with van der Waals surface area (Å²) in [6, 6.07) is 4.55. The highest BCUT2D eigenvalue weighted by atomic mass is 127. The number of aliphatic imine (C=N–C) groups is 1. The van der Waals surface area contributed by atoms with Gasteiger partial charge in [-0.05, 0) is 38.3 Å². The van der Waals surface area contributed by atoms with E-state index in [0.29, 0.717) is 12.0 Å². The summed E-state index contributed by atoms with van der Waals surface area (Å²) in [7, 11) is 0. The second kappa shape index (κ2) is 11.8. The molecule has 148 valence electrons. The van der Waals surface area contributed by atoms with Gasteiger partial charge in [-0.2, -0.15) is 0 Å². The van der Waals surface area contributed by atoms with Crippen molar-refractivity contribution in [3.63, 3.8) is 0 Å². The average molecular weight is 475 g/mol. The van der Waals surface area contributed by atoms with E-state index in [4.69, 9.17) is 14.1 Å². The van der Waals surface area contributed by atoms with Crippen LogP contribution in [0.15, 0.2) is 27.8 Å². The van der Waals surface area contributed by atoms with Crippen LogP contribution in [0, 0.1) is 5.92 Å². The van der Waals surface area contributed by atoms with Crippen molar-refractivity contribution >= 4 is 29.9 Å². The third-order valence-electron chi connectivity index (χ3n) is 5.28. The molecule has 2 aliphatic rings. The van der Waals surface area contributed by atoms with Crippen LogP contribution in [-0.4, -0.2) is 49.7 Å². The molecule has 0 bridgehead atoms. The van der Waals surface area contributed by atoms with Crippen molar-refractivity contribution < 1.29 is 9.15 Å². The molecule has 0 amide bonds. The van der Waals surface area contributed by atoms with Crippen molar-refractivity contribution in [3.8, 4) is 0 Å². The van der Waals surface area contributed by atoms with Gasteiger partial charge in [0.05, 0.1) is 12.9 Å². The first kappa shape index (κ1) is 21.5. The minimum absolute atomic E-state index is 0. The van der Waals surface area contributed by atoms with E-state index in [1.807, 2.05) is 12.1 Å². The second-order valence-corrected chi connectivity index (χ2v) is 7.27. The van der Waals surface area contributed by atoms with Gasteiger partial charge in [0.2, 0.25) is 0 Å². The molecular weight excluding hydrogens is 441 g/mol. The number of rotatable bonds is 7. The Bertz CT molecular complexity index is 515. The third-order valence-corrected chi connectivity index (χ3v) is 5.28. The fourth-order valence-corrected chi connectivity index (χ4v) is 3.84. The summed E-state index contributed by atoms with van der Waals surface area (Å²) in [6.45, 7) is 6.65. The highest BCUT2D eigenvalue weighted by molar-refractivity contribution is 14.0. The molecule has 1 aromatic rings. The SMILES string of the molecule is CCOCC1CCN(C(=NCCc2ccco2)NC2CCCCC2)C1.I. The maximum atomic E-state index is 5.63. The molecule has 26 heavy (non-hydrogen) atoms. The first-order chi connectivity index (χ1) is 12.3. The summed E-state index contributed by atoms with van der Waals surface area (Å²) in [5.74, 6) is 2.73. The first-order valence-electron chi connectivity index (χ1n) is 10.0. The normalized spacial score (nSPS) is 21.7. The van der Waals surface area contributed by atoms with Gasteiger partial charge in [-0.1, -0.05) is 19.3 Å². The monoisotopic (exact) mass is 475 g/mol. The molecule has 5 nitrogen and oxygen atoms in total. The molecule has 1 aromatic heterocycles. The van der Waals surface area contributed by atoms with Gasteiger partial charge in [0.25, 0.3) is 0 Å². The molecular formula is C20H34IN3O2. The van der Waals surface area contributed by atoms with E-state index in [1.54, 1.807) is 6.26 Å². The Kier molecular flexibility index (Phi) is 9.82. The fraction of sp³-hybridized carbons (Fsp3) is 0.750. The molecule has 1 atom stereocenters. The predicted octanol–water partition coefficient (Wildman–Crippen LogP) is 4.08. The molecule has 2 heterocycles. The van der Waals surface area contributed by atoms with Crippen molar-refractivity contribution in [2.75, 3.05) is 32.8 Å². The highest BCUT2D eigenvalue weighted by Crippen LogP contribution is 2.20. The molecule has 0 spiro atoms. The van der Waals surface area contributed by atoms with E-state index < -0.39 is 0 Å². The van der Waals surface area contributed by atoms with Gasteiger partial charge in [-0.3, -0.25) is 4.99 Å². The fourth-order valence-electron chi connectivity index (χ4n) is 3.84. The van der Waals surface area contributed by atoms with Crippen molar-refractivity contribution in [3.05, 3.63) is 24.2 Å². The number of nitrogens with one attached hydrogen (secondary N) is 1. The van der Waals surface area contributed by atoms with Gasteiger partial charge in [0, 0.05) is 44.6 Å². The Morgan fingerprint density at radius 2 is 2.15 bits per heavy atom. The Balaban J connectivity index is 0.00000243. The smallest absolute Gasteiger partial charge is 0.194 e. The lowest BCUT2D eigenvalue weighted by atomic mass is 9.96. The van der Waals surface area contributed by atoms with Crippen LogP contribution in [0.3, 0.4) is 0 Å². The Morgan fingerprint density at radius 3 is 2.88 bits per heavy atom. The predicted molar refractivity (Wildman–Crippen MR) is 116 cm³/mol. The van der Waals surface area contributed by atoms with Crippen LogP contribution in [0.25, 0.3) is 0 Å². The van der Waals surface area contributed by atoms with Crippen LogP contribution in [0.2, 0.25) is 0 Å². The topological polar surface area (TPSA) is 50.0 Å². The van der Waals surface area contributed by atoms with Crippen LogP contribution >= 0.6 is 24.0 Å². The van der Waals surface area contributed by atoms with Crippen LogP contribution < -0.4 is 5.32 Å². The number of ether oxygens (including phenoxy) is 1. The quantitative estimate of drug-likeness (QED) is 0.367. The van der Waals surface area contributed by atoms with Crippen molar-refractivity contribution in [2.45, 2.75) is 57.9 Å². The molecule has 6 heteroatoms. The Labute approximate surface area is 175 Å². The number of furan rings is 1. The van der Waals surface area contributed by atoms with E-state index in [-0.39, 0.29) is 24.0 Å². The zero-order chi connectivity index (χ0) is 17.3. The van der Waals surface area contributed by atoms with Gasteiger partial charge in [-0.25, -0.2) is 0 Å². The second-order valence-electron chi connectivity index (χ2n) is 7.27. The van der Waals surface area contributed by atoms with Gasteiger partial charge >= 0.3 is 0 Å².